The highest BCUT2D eigenvalue weighted by atomic mass is 31.2. The van der Waals surface area contributed by atoms with Crippen LogP contribution in [-0.2, 0) is 10.9 Å². The van der Waals surface area contributed by atoms with Crippen LogP contribution in [0.1, 0.15) is 17.2 Å². The molecule has 24 heavy (non-hydrogen) atoms. The molecule has 0 radical (unpaired) electrons. The molecule has 2 aromatic rings. The first kappa shape index (κ1) is 16.9. The van der Waals surface area contributed by atoms with Crippen molar-refractivity contribution in [2.24, 2.45) is 0 Å². The van der Waals surface area contributed by atoms with Gasteiger partial charge in [0.1, 0.15) is 18.5 Å². The minimum atomic E-state index is -3.21. The van der Waals surface area contributed by atoms with Crippen molar-refractivity contribution in [2.45, 2.75) is 12.2 Å². The molecule has 126 valence electrons. The molecule has 6 nitrogen and oxygen atoms in total. The molecule has 1 saturated heterocycles. The highest BCUT2D eigenvalue weighted by Crippen LogP contribution is 2.55. The van der Waals surface area contributed by atoms with Crippen LogP contribution < -0.4 is 10.9 Å². The number of morpholine rings is 1. The van der Waals surface area contributed by atoms with Crippen LogP contribution in [0.15, 0.2) is 65.0 Å². The first-order valence-electron chi connectivity index (χ1n) is 7.66. The van der Waals surface area contributed by atoms with Gasteiger partial charge >= 0.3 is 7.72 Å². The first-order valence-corrected chi connectivity index (χ1v) is 9.60. The van der Waals surface area contributed by atoms with E-state index in [1.807, 2.05) is 36.4 Å². The van der Waals surface area contributed by atoms with Gasteiger partial charge in [-0.15, -0.1) is 0 Å². The summed E-state index contributed by atoms with van der Waals surface area (Å²) < 4.78 is 5.65. The Bertz CT molecular complexity index is 763. The fourth-order valence-electron chi connectivity index (χ4n) is 2.63. The Balaban J connectivity index is 1.63. The van der Waals surface area contributed by atoms with Gasteiger partial charge in [-0.25, -0.2) is 9.79 Å². The first-order chi connectivity index (χ1) is 11.5. The average Bonchev–Trinajstić information content (AvgIpc) is 2.55. The number of rotatable bonds is 4. The molecule has 3 rings (SSSR count). The Morgan fingerprint density at radius 3 is 2.71 bits per heavy atom. The van der Waals surface area contributed by atoms with Gasteiger partial charge in [0.05, 0.1) is 12.6 Å². The third kappa shape index (κ3) is 4.52. The monoisotopic (exact) mass is 347 g/mol. The molecule has 1 aromatic carbocycles. The Hall–Kier alpha value is -1.98. The van der Waals surface area contributed by atoms with Crippen LogP contribution in [0.3, 0.4) is 0 Å². The molecule has 2 heterocycles. The lowest BCUT2D eigenvalue weighted by Crippen LogP contribution is -2.34. The van der Waals surface area contributed by atoms with Gasteiger partial charge in [0.2, 0.25) is 5.56 Å². The number of aromatic amines is 1. The van der Waals surface area contributed by atoms with Crippen molar-refractivity contribution in [3.63, 3.8) is 0 Å². The average molecular weight is 347 g/mol. The normalized spacial score (nSPS) is 19.9. The largest absolute Gasteiger partial charge is 0.491 e. The zero-order valence-corrected chi connectivity index (χ0v) is 13.9. The minimum absolute atomic E-state index is 0.0938. The third-order valence-electron chi connectivity index (χ3n) is 3.77. The molecule has 0 aliphatic carbocycles. The van der Waals surface area contributed by atoms with Gasteiger partial charge in [0.15, 0.2) is 5.82 Å². The van der Waals surface area contributed by atoms with Gasteiger partial charge in [-0.2, -0.15) is 0 Å². The molecule has 1 aromatic heterocycles. The number of ether oxygens (including phenoxy) is 1. The maximum atomic E-state index is 11.4. The van der Waals surface area contributed by atoms with E-state index in [9.17, 15) is 14.6 Å². The molecule has 0 saturated carbocycles. The van der Waals surface area contributed by atoms with E-state index in [0.29, 0.717) is 18.9 Å². The lowest BCUT2D eigenvalue weighted by molar-refractivity contribution is 0.139. The van der Waals surface area contributed by atoms with E-state index in [0.717, 1.165) is 11.1 Å². The fourth-order valence-corrected chi connectivity index (χ4v) is 4.09. The summed E-state index contributed by atoms with van der Waals surface area (Å²) in [5.74, 6) is 1.95. The third-order valence-corrected chi connectivity index (χ3v) is 5.30. The zero-order chi connectivity index (χ0) is 17.0. The van der Waals surface area contributed by atoms with Crippen molar-refractivity contribution in [3.05, 3.63) is 81.7 Å². The molecule has 1 fully saturated rings. The van der Waals surface area contributed by atoms with E-state index >= 15 is 0 Å². The second-order valence-electron chi connectivity index (χ2n) is 5.76. The quantitative estimate of drug-likeness (QED) is 0.634. The van der Waals surface area contributed by atoms with Crippen LogP contribution in [0, 0.1) is 0 Å². The molecular weight excluding hydrogens is 327 g/mol. The maximum Gasteiger partial charge on any atom is 0.300 e. The molecule has 0 spiro atoms. The number of hydrogen-bond acceptors (Lipinski definition) is 5. The predicted octanol–water partition coefficient (Wildman–Crippen LogP) is 1.91. The van der Waals surface area contributed by atoms with Gasteiger partial charge in [-0.1, -0.05) is 30.3 Å². The Kier molecular flexibility index (Phi) is 5.11. The van der Waals surface area contributed by atoms with E-state index in [1.54, 1.807) is 6.20 Å². The minimum Gasteiger partial charge on any atom is -0.491 e. The Labute approximate surface area is 140 Å². The molecule has 4 N–H and O–H groups in total. The molecule has 0 bridgehead atoms. The van der Waals surface area contributed by atoms with Crippen molar-refractivity contribution in [2.75, 3.05) is 13.2 Å². The summed E-state index contributed by atoms with van der Waals surface area (Å²) in [6.45, 7) is 0.718. The van der Waals surface area contributed by atoms with Crippen LogP contribution in [0.5, 0.6) is 0 Å². The van der Waals surface area contributed by atoms with Crippen molar-refractivity contribution < 1.29 is 14.5 Å². The van der Waals surface area contributed by atoms with Gasteiger partial charge in [0, 0.05) is 12.3 Å². The number of nitrogens with one attached hydrogen (secondary N) is 2. The van der Waals surface area contributed by atoms with Crippen LogP contribution in [0.25, 0.3) is 0 Å². The summed E-state index contributed by atoms with van der Waals surface area (Å²) in [6.07, 6.45) is 1.79. The number of hydrogen-bond donors (Lipinski definition) is 4. The lowest BCUT2D eigenvalue weighted by atomic mass is 10.1. The van der Waals surface area contributed by atoms with Crippen LogP contribution in [-0.4, -0.2) is 27.9 Å². The molecule has 0 amide bonds. The predicted molar refractivity (Wildman–Crippen MR) is 93.3 cm³/mol. The maximum absolute atomic E-state index is 11.4. The number of pyridine rings is 1. The van der Waals surface area contributed by atoms with E-state index in [-0.39, 0.29) is 17.8 Å². The van der Waals surface area contributed by atoms with Crippen molar-refractivity contribution in [3.8, 4) is 0 Å². The number of aromatic nitrogens is 1. The molecule has 7 heteroatoms. The van der Waals surface area contributed by atoms with Crippen LogP contribution in [0.2, 0.25) is 0 Å². The molecule has 1 atom stereocenters. The van der Waals surface area contributed by atoms with E-state index < -0.39 is 7.72 Å². The summed E-state index contributed by atoms with van der Waals surface area (Å²) in [7, 11) is -3.21. The van der Waals surface area contributed by atoms with Crippen molar-refractivity contribution in [1.29, 1.82) is 0 Å². The van der Waals surface area contributed by atoms with Crippen LogP contribution >= 0.6 is 7.72 Å². The number of H-pyrrole nitrogens is 1. The summed E-state index contributed by atoms with van der Waals surface area (Å²) >= 11 is 0. The van der Waals surface area contributed by atoms with E-state index in [4.69, 9.17) is 4.74 Å². The molecule has 1 aliphatic heterocycles. The zero-order valence-electron chi connectivity index (χ0n) is 13.1. The SMILES string of the molecule is O=c1cc([C@@H]2COC(=C[P+](O)(O)Cc3ccccc3)CN2)cc[nH]1. The topological polar surface area (TPSA) is 94.6 Å². The lowest BCUT2D eigenvalue weighted by Gasteiger charge is -2.26. The van der Waals surface area contributed by atoms with Gasteiger partial charge in [0.25, 0.3) is 0 Å². The number of benzene rings is 1. The molecular formula is C17H20N2O4P+. The Morgan fingerprint density at radius 2 is 2.04 bits per heavy atom. The molecule has 0 unspecified atom stereocenters. The highest BCUT2D eigenvalue weighted by molar-refractivity contribution is 7.67. The van der Waals surface area contributed by atoms with Crippen molar-refractivity contribution >= 4 is 7.72 Å². The highest BCUT2D eigenvalue weighted by Gasteiger charge is 2.33. The van der Waals surface area contributed by atoms with Crippen molar-refractivity contribution in [1.82, 2.24) is 10.3 Å². The van der Waals surface area contributed by atoms with E-state index in [2.05, 4.69) is 10.3 Å². The second kappa shape index (κ2) is 7.28. The standard InChI is InChI=1S/C17H19N2O4P/c20-17-8-14(6-7-18-17)16-10-23-15(9-19-16)12-24(21,22)11-13-4-2-1-3-5-13/h1-8,12,16,19,21-22H,9-11H2/p+1/t16-/m0/s1. The summed E-state index contributed by atoms with van der Waals surface area (Å²) in [4.78, 5) is 34.5. The van der Waals surface area contributed by atoms with E-state index in [1.165, 1.54) is 11.9 Å². The van der Waals surface area contributed by atoms with Gasteiger partial charge in [-0.05, 0) is 17.2 Å². The van der Waals surface area contributed by atoms with Crippen LogP contribution in [0.4, 0.5) is 0 Å². The second-order valence-corrected chi connectivity index (χ2v) is 7.90. The summed E-state index contributed by atoms with van der Waals surface area (Å²) in [5, 5.41) is 3.25. The van der Waals surface area contributed by atoms with Gasteiger partial charge < -0.3 is 9.72 Å². The molecule has 1 aliphatic rings. The Morgan fingerprint density at radius 1 is 1.25 bits per heavy atom. The summed E-state index contributed by atoms with van der Waals surface area (Å²) in [6, 6.07) is 12.6. The smallest absolute Gasteiger partial charge is 0.300 e. The summed E-state index contributed by atoms with van der Waals surface area (Å²) in [5.41, 5.74) is 1.56. The van der Waals surface area contributed by atoms with Gasteiger partial charge in [-0.3, -0.25) is 10.1 Å². The fraction of sp³-hybridized carbons (Fsp3) is 0.235.